The molecule has 0 saturated heterocycles. The predicted octanol–water partition coefficient (Wildman–Crippen LogP) is 4.40. The van der Waals surface area contributed by atoms with Gasteiger partial charge in [0.1, 0.15) is 23.6 Å². The van der Waals surface area contributed by atoms with E-state index < -0.39 is 0 Å². The second-order valence-corrected chi connectivity index (χ2v) is 8.57. The molecule has 36 heavy (non-hydrogen) atoms. The molecule has 0 aliphatic rings. The average molecular weight is 511 g/mol. The predicted molar refractivity (Wildman–Crippen MR) is 142 cm³/mol. The second-order valence-electron chi connectivity index (χ2n) is 8.16. The third-order valence-electron chi connectivity index (χ3n) is 5.29. The van der Waals surface area contributed by atoms with Crippen LogP contribution in [0.3, 0.4) is 0 Å². The van der Waals surface area contributed by atoms with E-state index in [1.165, 1.54) is 12.4 Å². The van der Waals surface area contributed by atoms with Gasteiger partial charge in [0, 0.05) is 56.3 Å². The summed E-state index contributed by atoms with van der Waals surface area (Å²) >= 11 is 6.42. The lowest BCUT2D eigenvalue weighted by molar-refractivity contribution is -0.123. The molecule has 0 aliphatic carbocycles. The first-order chi connectivity index (χ1) is 17.3. The van der Waals surface area contributed by atoms with Crippen molar-refractivity contribution < 1.29 is 19.0 Å². The van der Waals surface area contributed by atoms with E-state index in [-0.39, 0.29) is 19.1 Å². The number of fused-ring (bicyclic) bond motifs is 1. The Bertz CT molecular complexity index is 1260. The van der Waals surface area contributed by atoms with Gasteiger partial charge in [0.05, 0.1) is 23.4 Å². The zero-order valence-electron chi connectivity index (χ0n) is 21.0. The number of hydrogen-bond donors (Lipinski definition) is 1. The topological polar surface area (TPSA) is 85.8 Å². The molecule has 0 spiro atoms. The van der Waals surface area contributed by atoms with Crippen LogP contribution < -0.4 is 14.8 Å². The maximum atomic E-state index is 12.0. The van der Waals surface area contributed by atoms with Gasteiger partial charge in [-0.05, 0) is 25.1 Å². The van der Waals surface area contributed by atoms with Crippen LogP contribution in [0.25, 0.3) is 16.6 Å². The molecular formula is C27H31ClN4O4. The first kappa shape index (κ1) is 27.0. The second kappa shape index (κ2) is 12.9. The molecule has 8 nitrogen and oxygen atoms in total. The number of halogens is 1. The van der Waals surface area contributed by atoms with Crippen LogP contribution in [0.15, 0.2) is 55.4 Å². The maximum absolute atomic E-state index is 12.0. The van der Waals surface area contributed by atoms with Gasteiger partial charge in [0.15, 0.2) is 6.61 Å². The molecule has 1 N–H and O–H groups in total. The van der Waals surface area contributed by atoms with Crippen LogP contribution in [-0.4, -0.2) is 61.7 Å². The summed E-state index contributed by atoms with van der Waals surface area (Å²) in [6.07, 6.45) is 6.76. The van der Waals surface area contributed by atoms with E-state index in [1.807, 2.05) is 56.3 Å². The van der Waals surface area contributed by atoms with Crippen molar-refractivity contribution in [3.63, 3.8) is 0 Å². The highest BCUT2D eigenvalue weighted by atomic mass is 35.5. The number of amides is 1. The Labute approximate surface area is 216 Å². The molecule has 0 aliphatic heterocycles. The Balaban J connectivity index is 1.87. The number of methoxy groups -OCH3 is 1. The summed E-state index contributed by atoms with van der Waals surface area (Å²) in [5.74, 6) is 0.702. The fourth-order valence-electron chi connectivity index (χ4n) is 3.62. The first-order valence-corrected chi connectivity index (χ1v) is 11.8. The number of aromatic nitrogens is 2. The molecule has 9 heteroatoms. The van der Waals surface area contributed by atoms with Crippen LogP contribution in [0.1, 0.15) is 16.8 Å². The molecule has 1 aromatic carbocycles. The Hall–Kier alpha value is -3.62. The number of nitrogens with one attached hydrogen (secondary N) is 1. The lowest BCUT2D eigenvalue weighted by Crippen LogP contribution is -2.31. The van der Waals surface area contributed by atoms with E-state index in [2.05, 4.69) is 16.9 Å². The van der Waals surface area contributed by atoms with Gasteiger partial charge in [-0.3, -0.25) is 9.78 Å². The Morgan fingerprint density at radius 1 is 1.22 bits per heavy atom. The number of aryl methyl sites for hydroxylation is 1. The molecule has 0 atom stereocenters. The molecule has 0 fully saturated rings. The summed E-state index contributed by atoms with van der Waals surface area (Å²) in [4.78, 5) is 22.9. The van der Waals surface area contributed by atoms with Gasteiger partial charge in [-0.25, -0.2) is 4.98 Å². The van der Waals surface area contributed by atoms with Gasteiger partial charge >= 0.3 is 0 Å². The molecule has 3 rings (SSSR count). The Morgan fingerprint density at radius 3 is 2.75 bits per heavy atom. The molecule has 3 aromatic rings. The highest BCUT2D eigenvalue weighted by Gasteiger charge is 2.16. The fourth-order valence-corrected chi connectivity index (χ4v) is 3.82. The highest BCUT2D eigenvalue weighted by Crippen LogP contribution is 2.33. The quantitative estimate of drug-likeness (QED) is 0.285. The smallest absolute Gasteiger partial charge is 0.258 e. The Kier molecular flexibility index (Phi) is 9.67. The minimum atomic E-state index is -0.274. The largest absolute Gasteiger partial charge is 0.486 e. The summed E-state index contributed by atoms with van der Waals surface area (Å²) in [5.41, 5.74) is 4.21. The van der Waals surface area contributed by atoms with E-state index in [1.54, 1.807) is 13.2 Å². The zero-order valence-corrected chi connectivity index (χ0v) is 21.8. The number of benzene rings is 1. The van der Waals surface area contributed by atoms with Gasteiger partial charge in [-0.2, -0.15) is 0 Å². The van der Waals surface area contributed by atoms with Crippen molar-refractivity contribution in [2.75, 3.05) is 41.0 Å². The van der Waals surface area contributed by atoms with Crippen molar-refractivity contribution in [2.24, 2.45) is 0 Å². The summed E-state index contributed by atoms with van der Waals surface area (Å²) in [7, 11) is 5.55. The molecule has 2 aromatic heterocycles. The number of hydrogen-bond acceptors (Lipinski definition) is 7. The average Bonchev–Trinajstić information content (AvgIpc) is 2.85. The van der Waals surface area contributed by atoms with Crippen LogP contribution in [-0.2, 0) is 16.1 Å². The third-order valence-corrected chi connectivity index (χ3v) is 5.61. The molecule has 190 valence electrons. The molecule has 0 bridgehead atoms. The van der Waals surface area contributed by atoms with Crippen molar-refractivity contribution in [3.8, 4) is 11.5 Å². The monoisotopic (exact) mass is 510 g/mol. The molecular weight excluding hydrogens is 480 g/mol. The molecule has 1 amide bonds. The van der Waals surface area contributed by atoms with Crippen LogP contribution in [0.4, 0.5) is 0 Å². The number of carbonyl (C=O) groups is 1. The van der Waals surface area contributed by atoms with Crippen molar-refractivity contribution >= 4 is 34.1 Å². The highest BCUT2D eigenvalue weighted by molar-refractivity contribution is 6.31. The summed E-state index contributed by atoms with van der Waals surface area (Å²) in [5, 5.41) is 4.03. The SMILES string of the molecule is C=C/C=C(/c1cc(C)nc2c(OCc3c(Cl)cncc3OCC(=O)NCCOC)cccc12)N(C)C. The standard InChI is InChI=1S/C27H31ClN4O4/c1-6-8-23(32(3)4)20-13-18(2)31-27-19(20)9-7-10-24(27)35-16-21-22(28)14-29-15-25(21)36-17-26(33)30-11-12-34-5/h6-10,13-15H,1,11-12,16-17H2,2-5H3,(H,30,33)/b23-8-. The number of pyridine rings is 2. The van der Waals surface area contributed by atoms with Gasteiger partial charge in [-0.1, -0.05) is 36.4 Å². The summed E-state index contributed by atoms with van der Waals surface area (Å²) < 4.78 is 16.8. The minimum Gasteiger partial charge on any atom is -0.486 e. The van der Waals surface area contributed by atoms with Gasteiger partial charge in [-0.15, -0.1) is 0 Å². The lowest BCUT2D eigenvalue weighted by atomic mass is 10.0. The van der Waals surface area contributed by atoms with Crippen LogP contribution in [0, 0.1) is 6.92 Å². The van der Waals surface area contributed by atoms with Crippen LogP contribution in [0.5, 0.6) is 11.5 Å². The van der Waals surface area contributed by atoms with Gasteiger partial charge in [0.25, 0.3) is 5.91 Å². The zero-order chi connectivity index (χ0) is 26.1. The summed E-state index contributed by atoms with van der Waals surface area (Å²) in [6.45, 7) is 6.54. The van der Waals surface area contributed by atoms with Gasteiger partial charge in [0.2, 0.25) is 0 Å². The van der Waals surface area contributed by atoms with Crippen molar-refractivity contribution in [3.05, 3.63) is 77.2 Å². The number of para-hydroxylation sites is 1. The lowest BCUT2D eigenvalue weighted by Gasteiger charge is -2.20. The molecule has 0 radical (unpaired) electrons. The maximum Gasteiger partial charge on any atom is 0.258 e. The third kappa shape index (κ3) is 6.74. The molecule has 0 unspecified atom stereocenters. The number of nitrogens with zero attached hydrogens (tertiary/aromatic N) is 3. The normalized spacial score (nSPS) is 11.3. The number of ether oxygens (including phenoxy) is 3. The van der Waals surface area contributed by atoms with Crippen LogP contribution in [0.2, 0.25) is 5.02 Å². The molecule has 0 saturated carbocycles. The molecule has 2 heterocycles. The van der Waals surface area contributed by atoms with E-state index in [0.29, 0.717) is 35.2 Å². The van der Waals surface area contributed by atoms with Gasteiger partial charge < -0.3 is 24.4 Å². The number of rotatable bonds is 12. The minimum absolute atomic E-state index is 0.106. The number of carbonyl (C=O) groups excluding carboxylic acids is 1. The Morgan fingerprint density at radius 2 is 2.03 bits per heavy atom. The summed E-state index contributed by atoms with van der Waals surface area (Å²) in [6, 6.07) is 7.85. The van der Waals surface area contributed by atoms with Crippen molar-refractivity contribution in [2.45, 2.75) is 13.5 Å². The fraction of sp³-hybridized carbons (Fsp3) is 0.296. The van der Waals surface area contributed by atoms with E-state index in [4.69, 9.17) is 30.8 Å². The van der Waals surface area contributed by atoms with E-state index in [9.17, 15) is 4.79 Å². The van der Waals surface area contributed by atoms with Crippen LogP contribution >= 0.6 is 11.6 Å². The van der Waals surface area contributed by atoms with Crippen molar-refractivity contribution in [1.29, 1.82) is 0 Å². The van der Waals surface area contributed by atoms with E-state index >= 15 is 0 Å². The van der Waals surface area contributed by atoms with E-state index in [0.717, 1.165) is 27.9 Å². The number of allylic oxidation sites excluding steroid dienone is 2. The van der Waals surface area contributed by atoms with Crippen molar-refractivity contribution in [1.82, 2.24) is 20.2 Å². The first-order valence-electron chi connectivity index (χ1n) is 11.4.